The maximum Gasteiger partial charge on any atom is 0.239 e. The molecule has 1 unspecified atom stereocenters. The van der Waals surface area contributed by atoms with Gasteiger partial charge in [0.2, 0.25) is 11.8 Å². The topological polar surface area (TPSA) is 108 Å². The molecule has 0 rings (SSSR count). The van der Waals surface area contributed by atoms with Crippen molar-refractivity contribution in [2.45, 2.75) is 20.3 Å². The Labute approximate surface area is 101 Å². The van der Waals surface area contributed by atoms with Gasteiger partial charge in [-0.2, -0.15) is 0 Å². The Bertz CT molecular complexity index is 304. The minimum absolute atomic E-state index is 0.0267. The smallest absolute Gasteiger partial charge is 0.239 e. The predicted molar refractivity (Wildman–Crippen MR) is 63.5 cm³/mol. The van der Waals surface area contributed by atoms with E-state index >= 15 is 0 Å². The lowest BCUT2D eigenvalue weighted by molar-refractivity contribution is -0.137. The molecule has 0 aliphatic heterocycles. The number of nitrogens with two attached hydrogens (primary N) is 1. The van der Waals surface area contributed by atoms with Gasteiger partial charge >= 0.3 is 0 Å². The van der Waals surface area contributed by atoms with Crippen molar-refractivity contribution < 1.29 is 14.8 Å². The lowest BCUT2D eigenvalue weighted by Crippen LogP contribution is -2.45. The maximum atomic E-state index is 12.0. The molecule has 0 spiro atoms. The van der Waals surface area contributed by atoms with E-state index in [4.69, 9.17) is 10.9 Å². The fourth-order valence-electron chi connectivity index (χ4n) is 1.40. The van der Waals surface area contributed by atoms with Crippen molar-refractivity contribution in [2.75, 3.05) is 20.1 Å². The van der Waals surface area contributed by atoms with Crippen LogP contribution in [0.1, 0.15) is 20.3 Å². The summed E-state index contributed by atoms with van der Waals surface area (Å²) in [6.45, 7) is 3.89. The molecule has 0 aliphatic rings. The monoisotopic (exact) mass is 244 g/mol. The summed E-state index contributed by atoms with van der Waals surface area (Å²) in [5.41, 5.74) is 5.44. The van der Waals surface area contributed by atoms with E-state index in [1.54, 1.807) is 13.8 Å². The number of likely N-dealkylation sites (N-methyl/N-ethyl adjacent to an activating group) is 2. The second-order valence-corrected chi connectivity index (χ2v) is 3.51. The highest BCUT2D eigenvalue weighted by atomic mass is 16.4. The van der Waals surface area contributed by atoms with Crippen LogP contribution in [0.3, 0.4) is 0 Å². The van der Waals surface area contributed by atoms with Crippen molar-refractivity contribution in [1.82, 2.24) is 10.2 Å². The number of amides is 2. The molecule has 0 aromatic rings. The molecule has 0 aromatic heterocycles. The van der Waals surface area contributed by atoms with Crippen molar-refractivity contribution in [1.29, 1.82) is 0 Å². The summed E-state index contributed by atoms with van der Waals surface area (Å²) in [6, 6.07) is 0. The first-order chi connectivity index (χ1) is 8.01. The number of hydrogen-bond acceptors (Lipinski definition) is 4. The van der Waals surface area contributed by atoms with Crippen molar-refractivity contribution in [3.8, 4) is 0 Å². The fourth-order valence-corrected chi connectivity index (χ4v) is 1.40. The van der Waals surface area contributed by atoms with Crippen molar-refractivity contribution in [3.05, 3.63) is 0 Å². The fraction of sp³-hybridized carbons (Fsp3) is 0.700. The third-order valence-corrected chi connectivity index (χ3v) is 2.49. The van der Waals surface area contributed by atoms with Gasteiger partial charge in [-0.1, -0.05) is 12.1 Å². The van der Waals surface area contributed by atoms with Gasteiger partial charge in [-0.25, -0.2) is 0 Å². The normalized spacial score (nSPS) is 13.0. The van der Waals surface area contributed by atoms with Gasteiger partial charge < -0.3 is 21.2 Å². The van der Waals surface area contributed by atoms with E-state index < -0.39 is 5.92 Å². The summed E-state index contributed by atoms with van der Waals surface area (Å²) in [6.07, 6.45) is 0.416. The highest BCUT2D eigenvalue weighted by Gasteiger charge is 2.26. The average molecular weight is 244 g/mol. The van der Waals surface area contributed by atoms with Crippen LogP contribution < -0.4 is 11.1 Å². The molecule has 0 radical (unpaired) electrons. The summed E-state index contributed by atoms with van der Waals surface area (Å²) in [4.78, 5) is 24.6. The molecule has 2 amide bonds. The highest BCUT2D eigenvalue weighted by molar-refractivity contribution is 6.02. The summed E-state index contributed by atoms with van der Waals surface area (Å²) < 4.78 is 0. The van der Waals surface area contributed by atoms with E-state index in [0.717, 1.165) is 0 Å². The van der Waals surface area contributed by atoms with Crippen LogP contribution in [0, 0.1) is 5.92 Å². The number of hydrogen-bond donors (Lipinski definition) is 3. The van der Waals surface area contributed by atoms with Crippen LogP contribution in [0.5, 0.6) is 0 Å². The van der Waals surface area contributed by atoms with E-state index in [0.29, 0.717) is 13.0 Å². The summed E-state index contributed by atoms with van der Waals surface area (Å²) in [5, 5.41) is 13.9. The molecule has 0 saturated heterocycles. The number of carbonyl (C=O) groups excluding carboxylic acids is 2. The molecule has 0 aliphatic carbocycles. The largest absolute Gasteiger partial charge is 0.409 e. The van der Waals surface area contributed by atoms with Gasteiger partial charge in [0.1, 0.15) is 0 Å². The number of nitrogens with zero attached hydrogens (tertiary/aromatic N) is 2. The third kappa shape index (κ3) is 4.29. The van der Waals surface area contributed by atoms with E-state index in [9.17, 15) is 9.59 Å². The molecule has 0 bridgehead atoms. The van der Waals surface area contributed by atoms with Crippen LogP contribution in [0.4, 0.5) is 0 Å². The van der Waals surface area contributed by atoms with E-state index in [1.807, 2.05) is 0 Å². The summed E-state index contributed by atoms with van der Waals surface area (Å²) in [5.74, 6) is -1.39. The first-order valence-corrected chi connectivity index (χ1v) is 5.48. The molecule has 0 fully saturated rings. The second kappa shape index (κ2) is 7.48. The lowest BCUT2D eigenvalue weighted by atomic mass is 10.0. The quantitative estimate of drug-likeness (QED) is 0.250. The minimum atomic E-state index is -0.690. The zero-order chi connectivity index (χ0) is 13.4. The molecule has 1 atom stereocenters. The number of rotatable bonds is 6. The molecule has 4 N–H and O–H groups in total. The van der Waals surface area contributed by atoms with Crippen LogP contribution in [-0.4, -0.2) is 47.9 Å². The molecular weight excluding hydrogens is 224 g/mol. The van der Waals surface area contributed by atoms with Crippen molar-refractivity contribution >= 4 is 17.6 Å². The molecule has 0 heterocycles. The maximum absolute atomic E-state index is 12.0. The number of oxime groups is 1. The zero-order valence-corrected chi connectivity index (χ0v) is 10.4. The lowest BCUT2D eigenvalue weighted by Gasteiger charge is -2.24. The van der Waals surface area contributed by atoms with Crippen LogP contribution in [-0.2, 0) is 9.59 Å². The van der Waals surface area contributed by atoms with Crippen molar-refractivity contribution in [3.63, 3.8) is 0 Å². The van der Waals surface area contributed by atoms with Gasteiger partial charge in [-0.05, 0) is 13.3 Å². The van der Waals surface area contributed by atoms with Crippen molar-refractivity contribution in [2.24, 2.45) is 16.8 Å². The van der Waals surface area contributed by atoms with Crippen LogP contribution in [0.2, 0.25) is 0 Å². The predicted octanol–water partition coefficient (Wildman–Crippen LogP) is -0.646. The molecule has 98 valence electrons. The van der Waals surface area contributed by atoms with E-state index in [1.165, 1.54) is 11.9 Å². The second-order valence-electron chi connectivity index (χ2n) is 3.51. The summed E-state index contributed by atoms with van der Waals surface area (Å²) >= 11 is 0. The van der Waals surface area contributed by atoms with Gasteiger partial charge in [0.05, 0.1) is 12.5 Å². The Morgan fingerprint density at radius 1 is 1.47 bits per heavy atom. The number of nitrogens with one attached hydrogen (secondary N) is 1. The molecule has 7 nitrogen and oxygen atoms in total. The highest BCUT2D eigenvalue weighted by Crippen LogP contribution is 2.08. The Morgan fingerprint density at radius 3 is 2.41 bits per heavy atom. The standard InChI is InChI=1S/C10H20N4O3/c1-4-7(9(11)13-17)10(16)14(5-2)6-8(15)12-3/h7,17H,4-6H2,1-3H3,(H2,11,13)(H,12,15). The van der Waals surface area contributed by atoms with Gasteiger partial charge in [0.25, 0.3) is 0 Å². The van der Waals surface area contributed by atoms with Gasteiger partial charge in [-0.3, -0.25) is 9.59 Å². The van der Waals surface area contributed by atoms with Gasteiger partial charge in [0.15, 0.2) is 5.84 Å². The summed E-state index contributed by atoms with van der Waals surface area (Å²) in [7, 11) is 1.50. The average Bonchev–Trinajstić information content (AvgIpc) is 2.35. The van der Waals surface area contributed by atoms with Gasteiger partial charge in [-0.15, -0.1) is 0 Å². The molecule has 17 heavy (non-hydrogen) atoms. The Morgan fingerprint density at radius 2 is 2.06 bits per heavy atom. The van der Waals surface area contributed by atoms with Crippen LogP contribution >= 0.6 is 0 Å². The van der Waals surface area contributed by atoms with Crippen LogP contribution in [0.15, 0.2) is 5.16 Å². The van der Waals surface area contributed by atoms with E-state index in [-0.39, 0.29) is 24.2 Å². The molecule has 0 saturated carbocycles. The van der Waals surface area contributed by atoms with E-state index in [2.05, 4.69) is 10.5 Å². The number of carbonyl (C=O) groups is 2. The Hall–Kier alpha value is -1.79. The Balaban J connectivity index is 4.77. The molecule has 7 heteroatoms. The first-order valence-electron chi connectivity index (χ1n) is 5.48. The Kier molecular flexibility index (Phi) is 6.69. The first kappa shape index (κ1) is 15.2. The SMILES string of the molecule is CCC(C(=O)N(CC)CC(=O)NC)C(N)=NO. The third-order valence-electron chi connectivity index (χ3n) is 2.49. The molecule has 0 aromatic carbocycles. The number of amidine groups is 1. The molecular formula is C10H20N4O3. The minimum Gasteiger partial charge on any atom is -0.409 e. The van der Waals surface area contributed by atoms with Gasteiger partial charge in [0, 0.05) is 13.6 Å². The zero-order valence-electron chi connectivity index (χ0n) is 10.4. The van der Waals surface area contributed by atoms with Crippen LogP contribution in [0.25, 0.3) is 0 Å².